The molecule has 1 rings (SSSR count). The van der Waals surface area contributed by atoms with Gasteiger partial charge >= 0.3 is 0 Å². The van der Waals surface area contributed by atoms with Gasteiger partial charge in [-0.05, 0) is 50.5 Å². The van der Waals surface area contributed by atoms with Gasteiger partial charge < -0.3 is 5.32 Å². The molecule has 1 saturated carbocycles. The molecule has 0 heterocycles. The lowest BCUT2D eigenvalue weighted by Gasteiger charge is -2.40. The second-order valence-corrected chi connectivity index (χ2v) is 5.57. The van der Waals surface area contributed by atoms with E-state index in [-0.39, 0.29) is 0 Å². The average Bonchev–Trinajstić information content (AvgIpc) is 2.16. The van der Waals surface area contributed by atoms with Crippen molar-refractivity contribution in [3.05, 3.63) is 0 Å². The van der Waals surface area contributed by atoms with Crippen LogP contribution in [0.5, 0.6) is 0 Å². The smallest absolute Gasteiger partial charge is 0.00667 e. The van der Waals surface area contributed by atoms with Crippen LogP contribution in [-0.2, 0) is 0 Å². The Bertz CT molecular complexity index is 165. The van der Waals surface area contributed by atoms with Gasteiger partial charge in [0.15, 0.2) is 0 Å². The molecule has 0 radical (unpaired) electrons. The molecule has 4 unspecified atom stereocenters. The van der Waals surface area contributed by atoms with E-state index in [9.17, 15) is 0 Å². The number of hydrogen-bond donors (Lipinski definition) is 1. The van der Waals surface area contributed by atoms with E-state index < -0.39 is 0 Å². The van der Waals surface area contributed by atoms with E-state index in [1.54, 1.807) is 0 Å². The van der Waals surface area contributed by atoms with E-state index in [0.717, 1.165) is 23.7 Å². The van der Waals surface area contributed by atoms with Crippen LogP contribution >= 0.6 is 0 Å². The van der Waals surface area contributed by atoms with Crippen LogP contribution in [0.1, 0.15) is 47.0 Å². The lowest BCUT2D eigenvalue weighted by molar-refractivity contribution is 0.116. The van der Waals surface area contributed by atoms with Crippen LogP contribution in [0.15, 0.2) is 0 Å². The normalized spacial score (nSPS) is 36.0. The Morgan fingerprint density at radius 1 is 1.07 bits per heavy atom. The van der Waals surface area contributed by atoms with Gasteiger partial charge in [0.1, 0.15) is 0 Å². The Labute approximate surface area is 89.7 Å². The molecule has 0 bridgehead atoms. The van der Waals surface area contributed by atoms with Gasteiger partial charge in [0, 0.05) is 6.04 Å². The first-order valence-corrected chi connectivity index (χ1v) is 6.23. The molecule has 1 aliphatic rings. The van der Waals surface area contributed by atoms with Gasteiger partial charge in [-0.1, -0.05) is 27.2 Å². The number of hydrogen-bond acceptors (Lipinski definition) is 1. The van der Waals surface area contributed by atoms with E-state index in [0.29, 0.717) is 6.04 Å². The maximum atomic E-state index is 3.43. The van der Waals surface area contributed by atoms with Gasteiger partial charge in [-0.15, -0.1) is 0 Å². The molecule has 0 aliphatic heterocycles. The molecule has 0 amide bonds. The van der Waals surface area contributed by atoms with E-state index in [4.69, 9.17) is 0 Å². The Morgan fingerprint density at radius 2 is 1.71 bits per heavy atom. The van der Waals surface area contributed by atoms with Crippen LogP contribution < -0.4 is 5.32 Å². The van der Waals surface area contributed by atoms with Crippen LogP contribution in [0.3, 0.4) is 0 Å². The molecule has 1 fully saturated rings. The summed E-state index contributed by atoms with van der Waals surface area (Å²) >= 11 is 0. The van der Waals surface area contributed by atoms with Crippen molar-refractivity contribution in [3.8, 4) is 0 Å². The molecule has 1 nitrogen and oxygen atoms in total. The van der Waals surface area contributed by atoms with Gasteiger partial charge in [-0.25, -0.2) is 0 Å². The van der Waals surface area contributed by atoms with Gasteiger partial charge in [0.2, 0.25) is 0 Å². The molecule has 4 atom stereocenters. The van der Waals surface area contributed by atoms with Gasteiger partial charge in [0.05, 0.1) is 0 Å². The third-order valence-corrected chi connectivity index (χ3v) is 4.17. The zero-order valence-electron chi connectivity index (χ0n) is 10.5. The molecule has 0 aromatic carbocycles. The number of rotatable bonds is 3. The fourth-order valence-electron chi connectivity index (χ4n) is 3.05. The fourth-order valence-corrected chi connectivity index (χ4v) is 3.05. The van der Waals surface area contributed by atoms with Crippen molar-refractivity contribution >= 4 is 0 Å². The Morgan fingerprint density at radius 3 is 2.21 bits per heavy atom. The van der Waals surface area contributed by atoms with Crippen molar-refractivity contribution in [3.63, 3.8) is 0 Å². The van der Waals surface area contributed by atoms with Gasteiger partial charge in [0.25, 0.3) is 0 Å². The summed E-state index contributed by atoms with van der Waals surface area (Å²) in [5.41, 5.74) is 0. The van der Waals surface area contributed by atoms with Gasteiger partial charge in [-0.3, -0.25) is 0 Å². The minimum atomic E-state index is 0.690. The van der Waals surface area contributed by atoms with Crippen LogP contribution in [-0.4, -0.2) is 13.1 Å². The molecule has 0 aromatic rings. The highest BCUT2D eigenvalue weighted by Crippen LogP contribution is 2.39. The van der Waals surface area contributed by atoms with Crippen molar-refractivity contribution in [1.82, 2.24) is 5.32 Å². The summed E-state index contributed by atoms with van der Waals surface area (Å²) in [6, 6.07) is 0.690. The fraction of sp³-hybridized carbons (Fsp3) is 1.00. The molecule has 0 saturated heterocycles. The van der Waals surface area contributed by atoms with Crippen molar-refractivity contribution < 1.29 is 0 Å². The maximum absolute atomic E-state index is 3.43. The molecular formula is C13H27N. The third-order valence-electron chi connectivity index (χ3n) is 4.17. The first-order valence-electron chi connectivity index (χ1n) is 6.23. The van der Waals surface area contributed by atoms with Crippen LogP contribution in [0, 0.1) is 23.7 Å². The van der Waals surface area contributed by atoms with Crippen molar-refractivity contribution in [2.45, 2.75) is 53.0 Å². The van der Waals surface area contributed by atoms with Crippen LogP contribution in [0.2, 0.25) is 0 Å². The topological polar surface area (TPSA) is 12.0 Å². The predicted molar refractivity (Wildman–Crippen MR) is 63.4 cm³/mol. The van der Waals surface area contributed by atoms with Gasteiger partial charge in [-0.2, -0.15) is 0 Å². The van der Waals surface area contributed by atoms with Crippen molar-refractivity contribution in [2.75, 3.05) is 7.05 Å². The quantitative estimate of drug-likeness (QED) is 0.732. The SMILES string of the molecule is CNC(C)C1CCC(C)CC1C(C)C. The lowest BCUT2D eigenvalue weighted by atomic mass is 9.67. The minimum absolute atomic E-state index is 0.690. The Kier molecular flexibility index (Phi) is 4.43. The molecule has 84 valence electrons. The minimum Gasteiger partial charge on any atom is -0.317 e. The predicted octanol–water partition coefficient (Wildman–Crippen LogP) is 3.30. The molecule has 0 spiro atoms. The van der Waals surface area contributed by atoms with E-state index in [1.165, 1.54) is 19.3 Å². The molecule has 1 N–H and O–H groups in total. The Balaban J connectivity index is 2.62. The summed E-state index contributed by atoms with van der Waals surface area (Å²) in [7, 11) is 2.10. The summed E-state index contributed by atoms with van der Waals surface area (Å²) in [6.45, 7) is 9.53. The highest BCUT2D eigenvalue weighted by atomic mass is 14.9. The Hall–Kier alpha value is -0.0400. The third kappa shape index (κ3) is 2.73. The second kappa shape index (κ2) is 5.16. The highest BCUT2D eigenvalue weighted by molar-refractivity contribution is 4.85. The molecule has 0 aromatic heterocycles. The molecule has 14 heavy (non-hydrogen) atoms. The summed E-state index contributed by atoms with van der Waals surface area (Å²) in [6.07, 6.45) is 4.29. The first kappa shape index (κ1) is 12.0. The number of nitrogens with one attached hydrogen (secondary N) is 1. The lowest BCUT2D eigenvalue weighted by Crippen LogP contribution is -2.40. The molecule has 1 aliphatic carbocycles. The second-order valence-electron chi connectivity index (χ2n) is 5.57. The average molecular weight is 197 g/mol. The summed E-state index contributed by atoms with van der Waals surface area (Å²) in [5.74, 6) is 3.62. The zero-order chi connectivity index (χ0) is 10.7. The highest BCUT2D eigenvalue weighted by Gasteiger charge is 2.33. The molecular weight excluding hydrogens is 170 g/mol. The molecule has 1 heteroatoms. The largest absolute Gasteiger partial charge is 0.317 e. The summed E-state index contributed by atoms with van der Waals surface area (Å²) in [5, 5.41) is 3.43. The van der Waals surface area contributed by atoms with Crippen molar-refractivity contribution in [1.29, 1.82) is 0 Å². The maximum Gasteiger partial charge on any atom is 0.00667 e. The van der Waals surface area contributed by atoms with Crippen molar-refractivity contribution in [2.24, 2.45) is 23.7 Å². The first-order chi connectivity index (χ1) is 6.56. The van der Waals surface area contributed by atoms with E-state index >= 15 is 0 Å². The van der Waals surface area contributed by atoms with Crippen LogP contribution in [0.4, 0.5) is 0 Å². The standard InChI is InChI=1S/C13H27N/c1-9(2)13-8-10(3)6-7-12(13)11(4)14-5/h9-14H,6-8H2,1-5H3. The van der Waals surface area contributed by atoms with E-state index in [2.05, 4.69) is 40.1 Å². The summed E-state index contributed by atoms with van der Waals surface area (Å²) in [4.78, 5) is 0. The van der Waals surface area contributed by atoms with E-state index in [1.807, 2.05) is 0 Å². The van der Waals surface area contributed by atoms with Crippen LogP contribution in [0.25, 0.3) is 0 Å². The zero-order valence-corrected chi connectivity index (χ0v) is 10.5. The monoisotopic (exact) mass is 197 g/mol. The summed E-state index contributed by atoms with van der Waals surface area (Å²) < 4.78 is 0.